The van der Waals surface area contributed by atoms with Gasteiger partial charge in [-0.1, -0.05) is 54.7 Å². The van der Waals surface area contributed by atoms with Crippen LogP contribution in [0.25, 0.3) is 10.9 Å². The molecule has 0 aliphatic carbocycles. The summed E-state index contributed by atoms with van der Waals surface area (Å²) in [7, 11) is -7.00. The summed E-state index contributed by atoms with van der Waals surface area (Å²) in [5.74, 6) is -1.07. The predicted molar refractivity (Wildman–Crippen MR) is 138 cm³/mol. The molecule has 0 spiro atoms. The summed E-state index contributed by atoms with van der Waals surface area (Å²) in [6.45, 7) is 2.96. The molecule has 176 valence electrons. The maximum atomic E-state index is 15.4. The Labute approximate surface area is 202 Å². The third-order valence-electron chi connectivity index (χ3n) is 5.21. The van der Waals surface area contributed by atoms with Gasteiger partial charge in [0.25, 0.3) is 0 Å². The highest BCUT2D eigenvalue weighted by Gasteiger charge is 2.28. The molecule has 0 radical (unpaired) electrons. The molecular formula is C24H22FN2O4PS2. The van der Waals surface area contributed by atoms with Crippen LogP contribution in [0.15, 0.2) is 72.9 Å². The molecule has 0 saturated heterocycles. The van der Waals surface area contributed by atoms with Gasteiger partial charge in [0.15, 0.2) is 11.6 Å². The van der Waals surface area contributed by atoms with Crippen LogP contribution in [-0.4, -0.2) is 30.7 Å². The minimum atomic E-state index is -3.87. The average Bonchev–Trinajstić information content (AvgIpc) is 3.17. The van der Waals surface area contributed by atoms with E-state index < -0.39 is 23.0 Å². The SMILES string of the molecule is CP(C)(=O)c1c(Oc2cccc(C(N)=S)c2)c(F)cc2c1ccn2S(=O)(=O)Cc1ccccc1. The van der Waals surface area contributed by atoms with E-state index in [4.69, 9.17) is 22.7 Å². The standard InChI is InChI=1S/C24H22FN2O4PS2/c1-32(2,28)23-19-11-12-27(34(29,30)15-16-7-4-3-5-8-16)21(19)14-20(25)22(23)31-18-10-6-9-17(13-18)24(26)33/h3-14H,15H2,1-2H3,(H2,26,33). The Morgan fingerprint density at radius 2 is 1.79 bits per heavy atom. The lowest BCUT2D eigenvalue weighted by Crippen LogP contribution is -2.16. The Morgan fingerprint density at radius 1 is 1.09 bits per heavy atom. The van der Waals surface area contributed by atoms with Crippen LogP contribution in [0.4, 0.5) is 4.39 Å². The Hall–Kier alpha value is -3.00. The van der Waals surface area contributed by atoms with Gasteiger partial charge in [0.2, 0.25) is 10.0 Å². The van der Waals surface area contributed by atoms with Crippen LogP contribution in [0, 0.1) is 5.82 Å². The Kier molecular flexibility index (Phi) is 6.38. The van der Waals surface area contributed by atoms with Gasteiger partial charge in [0, 0.05) is 23.2 Å². The molecule has 0 atom stereocenters. The lowest BCUT2D eigenvalue weighted by Gasteiger charge is -2.18. The van der Waals surface area contributed by atoms with Gasteiger partial charge in [-0.2, -0.15) is 0 Å². The molecule has 4 rings (SSSR count). The molecule has 0 amide bonds. The third-order valence-corrected chi connectivity index (χ3v) is 8.58. The van der Waals surface area contributed by atoms with Gasteiger partial charge >= 0.3 is 0 Å². The van der Waals surface area contributed by atoms with E-state index in [1.54, 1.807) is 54.6 Å². The van der Waals surface area contributed by atoms with Gasteiger partial charge in [-0.15, -0.1) is 0 Å². The molecule has 1 aromatic heterocycles. The first kappa shape index (κ1) is 24.1. The van der Waals surface area contributed by atoms with Crippen LogP contribution in [0.2, 0.25) is 0 Å². The summed E-state index contributed by atoms with van der Waals surface area (Å²) in [5, 5.41) is 0.462. The van der Waals surface area contributed by atoms with E-state index in [2.05, 4.69) is 0 Å². The third kappa shape index (κ3) is 4.78. The fourth-order valence-electron chi connectivity index (χ4n) is 3.75. The zero-order valence-electron chi connectivity index (χ0n) is 18.4. The first-order valence-corrected chi connectivity index (χ1v) is 14.8. The van der Waals surface area contributed by atoms with Crippen molar-refractivity contribution in [3.8, 4) is 11.5 Å². The molecule has 34 heavy (non-hydrogen) atoms. The predicted octanol–water partition coefficient (Wildman–Crippen LogP) is 4.83. The number of thiocarbonyl (C=S) groups is 1. The van der Waals surface area contributed by atoms with Crippen molar-refractivity contribution >= 4 is 50.6 Å². The lowest BCUT2D eigenvalue weighted by atomic mass is 10.2. The van der Waals surface area contributed by atoms with Crippen LogP contribution >= 0.6 is 19.4 Å². The van der Waals surface area contributed by atoms with Crippen molar-refractivity contribution in [3.63, 3.8) is 0 Å². The summed E-state index contributed by atoms with van der Waals surface area (Å²) < 4.78 is 61.8. The van der Waals surface area contributed by atoms with Crippen LogP contribution < -0.4 is 15.8 Å². The van der Waals surface area contributed by atoms with Crippen molar-refractivity contribution in [2.24, 2.45) is 5.73 Å². The van der Waals surface area contributed by atoms with Gasteiger partial charge in [-0.05, 0) is 37.1 Å². The molecule has 0 unspecified atom stereocenters. The second-order valence-corrected chi connectivity index (χ2v) is 13.6. The monoisotopic (exact) mass is 516 g/mol. The first-order chi connectivity index (χ1) is 16.0. The fraction of sp³-hybridized carbons (Fsp3) is 0.125. The Bertz CT molecular complexity index is 1560. The minimum Gasteiger partial charge on any atom is -0.453 e. The quantitative estimate of drug-likeness (QED) is 0.279. The fourth-order valence-corrected chi connectivity index (χ4v) is 6.74. The van der Waals surface area contributed by atoms with Crippen LogP contribution in [0.3, 0.4) is 0 Å². The average molecular weight is 517 g/mol. The number of rotatable bonds is 7. The van der Waals surface area contributed by atoms with E-state index >= 15 is 4.39 Å². The van der Waals surface area contributed by atoms with Crippen molar-refractivity contribution in [1.82, 2.24) is 3.97 Å². The second-order valence-electron chi connectivity index (χ2n) is 8.17. The smallest absolute Gasteiger partial charge is 0.243 e. The summed E-state index contributed by atoms with van der Waals surface area (Å²) in [5.41, 5.74) is 6.90. The van der Waals surface area contributed by atoms with Gasteiger partial charge in [-0.3, -0.25) is 0 Å². The number of benzene rings is 3. The van der Waals surface area contributed by atoms with Crippen LogP contribution in [0.5, 0.6) is 11.5 Å². The van der Waals surface area contributed by atoms with E-state index in [0.717, 1.165) is 10.0 Å². The second kappa shape index (κ2) is 8.98. The normalized spacial score (nSPS) is 12.1. The number of hydrogen-bond acceptors (Lipinski definition) is 5. The zero-order valence-corrected chi connectivity index (χ0v) is 21.0. The number of hydrogen-bond donors (Lipinski definition) is 1. The molecule has 0 saturated carbocycles. The Morgan fingerprint density at radius 3 is 2.44 bits per heavy atom. The van der Waals surface area contributed by atoms with E-state index in [1.165, 1.54) is 25.6 Å². The molecule has 2 N–H and O–H groups in total. The number of ether oxygens (including phenoxy) is 1. The van der Waals surface area contributed by atoms with Crippen molar-refractivity contribution in [1.29, 1.82) is 0 Å². The molecule has 10 heteroatoms. The topological polar surface area (TPSA) is 91.4 Å². The lowest BCUT2D eigenvalue weighted by molar-refractivity contribution is 0.446. The maximum absolute atomic E-state index is 15.4. The largest absolute Gasteiger partial charge is 0.453 e. The van der Waals surface area contributed by atoms with E-state index in [9.17, 15) is 13.0 Å². The van der Waals surface area contributed by atoms with E-state index in [0.29, 0.717) is 16.5 Å². The molecule has 4 aromatic rings. The molecular weight excluding hydrogens is 494 g/mol. The number of halogens is 1. The molecule has 1 heterocycles. The van der Waals surface area contributed by atoms with Crippen molar-refractivity contribution in [2.75, 3.05) is 13.3 Å². The van der Waals surface area contributed by atoms with Gasteiger partial charge in [0.1, 0.15) is 17.9 Å². The highest BCUT2D eigenvalue weighted by molar-refractivity contribution is 7.89. The summed E-state index contributed by atoms with van der Waals surface area (Å²) in [6.07, 6.45) is 1.35. The molecule has 0 aliphatic rings. The first-order valence-electron chi connectivity index (χ1n) is 10.2. The van der Waals surface area contributed by atoms with E-state index in [-0.39, 0.29) is 33.1 Å². The van der Waals surface area contributed by atoms with Gasteiger partial charge in [-0.25, -0.2) is 16.8 Å². The molecule has 0 fully saturated rings. The summed E-state index contributed by atoms with van der Waals surface area (Å²) in [6, 6.07) is 17.8. The van der Waals surface area contributed by atoms with Crippen molar-refractivity contribution in [2.45, 2.75) is 5.75 Å². The molecule has 3 aromatic carbocycles. The zero-order chi connectivity index (χ0) is 24.7. The van der Waals surface area contributed by atoms with Crippen LogP contribution in [-0.2, 0) is 20.3 Å². The van der Waals surface area contributed by atoms with Gasteiger partial charge in [0.05, 0.1) is 16.6 Å². The number of aromatic nitrogens is 1. The van der Waals surface area contributed by atoms with Gasteiger partial charge < -0.3 is 15.0 Å². The minimum absolute atomic E-state index is 0.0941. The molecule has 0 aliphatic heterocycles. The highest BCUT2D eigenvalue weighted by Crippen LogP contribution is 2.44. The Balaban J connectivity index is 1.87. The summed E-state index contributed by atoms with van der Waals surface area (Å²) in [4.78, 5) is 0.152. The highest BCUT2D eigenvalue weighted by atomic mass is 32.2. The maximum Gasteiger partial charge on any atom is 0.243 e. The number of nitrogens with zero attached hydrogens (tertiary/aromatic N) is 1. The summed E-state index contributed by atoms with van der Waals surface area (Å²) >= 11 is 4.99. The number of nitrogens with two attached hydrogens (primary N) is 1. The molecule has 0 bridgehead atoms. The van der Waals surface area contributed by atoms with E-state index in [1.807, 2.05) is 0 Å². The molecule has 6 nitrogen and oxygen atoms in total. The van der Waals surface area contributed by atoms with Crippen LogP contribution in [0.1, 0.15) is 11.1 Å². The van der Waals surface area contributed by atoms with Crippen molar-refractivity contribution in [3.05, 3.63) is 89.9 Å². The number of fused-ring (bicyclic) bond motifs is 1. The van der Waals surface area contributed by atoms with Crippen molar-refractivity contribution < 1.29 is 22.1 Å².